The van der Waals surface area contributed by atoms with Crippen molar-refractivity contribution in [3.05, 3.63) is 23.3 Å². The van der Waals surface area contributed by atoms with Gasteiger partial charge in [-0.1, -0.05) is 49.8 Å². The molecule has 0 spiro atoms. The van der Waals surface area contributed by atoms with Crippen LogP contribution in [0.1, 0.15) is 47.0 Å². The second-order valence-electron chi connectivity index (χ2n) is 13.2. The summed E-state index contributed by atoms with van der Waals surface area (Å²) in [7, 11) is 47.7. The van der Waals surface area contributed by atoms with Gasteiger partial charge >= 0.3 is 0 Å². The topological polar surface area (TPSA) is 68.2 Å². The van der Waals surface area contributed by atoms with E-state index in [1.807, 2.05) is 0 Å². The molecule has 1 saturated carbocycles. The first-order chi connectivity index (χ1) is 25.3. The maximum absolute atomic E-state index is 12.8. The summed E-state index contributed by atoms with van der Waals surface area (Å²) < 4.78 is 21.6. The number of fused-ring (bicyclic) bond motifs is 2. The normalized spacial score (nSPS) is 28.9. The fourth-order valence-corrected chi connectivity index (χ4v) is 202. The number of aliphatic hydroxyl groups is 2. The van der Waals surface area contributed by atoms with Crippen LogP contribution in [-0.2, 0) is 13.6 Å². The van der Waals surface area contributed by atoms with E-state index in [4.69, 9.17) is 13.6 Å². The van der Waals surface area contributed by atoms with Crippen molar-refractivity contribution in [3.63, 3.8) is 0 Å². The Bertz CT molecular complexity index is 1210. The molecule has 324 valence electrons. The first-order valence-corrected chi connectivity index (χ1v) is 68.3. The van der Waals surface area contributed by atoms with Crippen LogP contribution in [0.15, 0.2) is 23.3 Å². The van der Waals surface area contributed by atoms with Crippen molar-refractivity contribution in [1.29, 1.82) is 0 Å². The standard InChI is InChI=1S/C20H64O5P30/c1-10(7-6-8-23-43(46(27)28)47(29)30)15-12(3)17(21)19(25-44(48(31)32)54(42-26)50(35)36)16-11(2)14(9-13(18(15)22)20(16,4)5)24-45(53(41)49(33)34)55(51(37)38)52(39)40/h12-15,17-19,21-22,42H,1,6-9,26-41H2,2-5H3/t12-,13?,14-,15+,17+,18+,19+,44?,45?,53?,54?/m0/s1. The molecule has 1 fully saturated rings. The lowest BCUT2D eigenvalue weighted by Gasteiger charge is -2.55. The van der Waals surface area contributed by atoms with E-state index in [1.54, 1.807) is 0 Å². The highest BCUT2D eigenvalue weighted by atomic mass is 33.2. The van der Waals surface area contributed by atoms with E-state index in [2.05, 4.69) is 177 Å². The molecule has 0 radical (unpaired) electrons. The Balaban J connectivity index is 2.80. The molecular formula is C20H64O5P30. The molecule has 0 aromatic rings. The Kier molecular flexibility index (Phi) is 35.7. The van der Waals surface area contributed by atoms with Crippen LogP contribution in [0.25, 0.3) is 0 Å². The lowest BCUT2D eigenvalue weighted by Crippen LogP contribution is -2.56. The highest BCUT2D eigenvalue weighted by molar-refractivity contribution is 9.19. The maximum Gasteiger partial charge on any atom is 0.111 e. The molecule has 55 heavy (non-hydrogen) atoms. The smallest absolute Gasteiger partial charge is 0.111 e. The molecule has 5 nitrogen and oxygen atoms in total. The second-order valence-corrected chi connectivity index (χ2v) is 120. The Morgan fingerprint density at radius 3 is 1.73 bits per heavy atom. The molecule has 2 bridgehead atoms. The van der Waals surface area contributed by atoms with Crippen LogP contribution in [-0.4, -0.2) is 41.2 Å². The molecule has 2 aliphatic carbocycles. The van der Waals surface area contributed by atoms with E-state index in [0.717, 1.165) is 30.4 Å². The van der Waals surface area contributed by atoms with Gasteiger partial charge in [-0.15, -0.1) is 134 Å². The van der Waals surface area contributed by atoms with Gasteiger partial charge in [0.25, 0.3) is 0 Å². The molecule has 35 heteroatoms. The van der Waals surface area contributed by atoms with Gasteiger partial charge in [0, 0.05) is 26.9 Å². The predicted octanol–water partition coefficient (Wildman–Crippen LogP) is 19.9. The third-order valence-electron chi connectivity index (χ3n) is 9.29. The van der Waals surface area contributed by atoms with Crippen LogP contribution in [0.3, 0.4) is 0 Å². The van der Waals surface area contributed by atoms with Crippen molar-refractivity contribution >= 4 is 243 Å². The molecule has 2 rings (SSSR count). The van der Waals surface area contributed by atoms with Crippen LogP contribution in [0, 0.1) is 23.2 Å². The van der Waals surface area contributed by atoms with E-state index >= 15 is 0 Å². The fraction of sp³-hybridized carbons (Fsp3) is 0.800. The SMILES string of the molecule is C=C(CCCOP(P(P)P)P(P)P)[C@@H]1[C@H](C)[C@@H](O)[C@H](OP(P(P)P)P(PP)P(P)P)C2=C(C)[C@@H](OP(P(P)P(P)P)P(P(P)P)P(P)P)CC([C@H]1O)C2(C)C. The van der Waals surface area contributed by atoms with Gasteiger partial charge in [0.05, 0.1) is 47.5 Å². The highest BCUT2D eigenvalue weighted by Crippen LogP contribution is 3.18. The largest absolute Gasteiger partial charge is 0.392 e. The van der Waals surface area contributed by atoms with Crippen LogP contribution < -0.4 is 0 Å². The van der Waals surface area contributed by atoms with E-state index in [0.29, 0.717) is 14.6 Å². The minimum Gasteiger partial charge on any atom is -0.392 e. The van der Waals surface area contributed by atoms with Crippen molar-refractivity contribution in [1.82, 2.24) is 0 Å². The molecule has 22 unspecified atom stereocenters. The van der Waals surface area contributed by atoms with E-state index < -0.39 is 74.3 Å². The van der Waals surface area contributed by atoms with Crippen molar-refractivity contribution < 1.29 is 23.8 Å². The Hall–Kier alpha value is 12.2. The summed E-state index contributed by atoms with van der Waals surface area (Å²) in [4.78, 5) is 0. The third kappa shape index (κ3) is 18.6. The zero-order valence-electron chi connectivity index (χ0n) is 31.2. The van der Waals surface area contributed by atoms with Gasteiger partial charge in [-0.2, -0.15) is 0 Å². The van der Waals surface area contributed by atoms with Crippen molar-refractivity contribution in [2.24, 2.45) is 23.2 Å². The van der Waals surface area contributed by atoms with Crippen molar-refractivity contribution in [2.45, 2.75) is 71.4 Å². The van der Waals surface area contributed by atoms with Crippen LogP contribution in [0.2, 0.25) is 0 Å². The molecule has 28 atom stereocenters. The second kappa shape index (κ2) is 31.0. The Labute approximate surface area is 387 Å². The summed E-state index contributed by atoms with van der Waals surface area (Å²) in [5, 5.41) is 25.6. The number of aliphatic hydroxyl groups excluding tert-OH is 2. The zero-order chi connectivity index (χ0) is 42.4. The highest BCUT2D eigenvalue weighted by Gasteiger charge is 2.56. The van der Waals surface area contributed by atoms with Crippen LogP contribution in [0.5, 0.6) is 0 Å². The summed E-state index contributed by atoms with van der Waals surface area (Å²) >= 11 is 0. The quantitative estimate of drug-likeness (QED) is 0.0681. The summed E-state index contributed by atoms with van der Waals surface area (Å²) in [5.74, 6) is -0.641. The molecule has 0 amide bonds. The lowest BCUT2D eigenvalue weighted by atomic mass is 9.55. The molecule has 2 aliphatic rings. The summed E-state index contributed by atoms with van der Waals surface area (Å²) in [6.07, 6.45) is 0.156. The van der Waals surface area contributed by atoms with Crippen LogP contribution >= 0.6 is 243 Å². The zero-order valence-corrected chi connectivity index (χ0v) is 62.4. The molecule has 2 N–H and O–H groups in total. The summed E-state index contributed by atoms with van der Waals surface area (Å²) in [6, 6.07) is 0. The van der Waals surface area contributed by atoms with E-state index in [-0.39, 0.29) is 65.8 Å². The van der Waals surface area contributed by atoms with Gasteiger partial charge in [-0.25, -0.2) is 0 Å². The average Bonchev–Trinajstić information content (AvgIpc) is 3.05. The van der Waals surface area contributed by atoms with Crippen molar-refractivity contribution in [3.8, 4) is 0 Å². The predicted molar refractivity (Wildman–Crippen MR) is 347 cm³/mol. The molecule has 0 heterocycles. The minimum absolute atomic E-state index is 0.0986. The molecule has 0 aromatic heterocycles. The molecular weight excluding hydrogens is 1250 g/mol. The molecule has 0 saturated heterocycles. The van der Waals surface area contributed by atoms with Gasteiger partial charge in [-0.3, -0.25) is 0 Å². The number of hydrogen-bond donors (Lipinski definition) is 2. The first kappa shape index (κ1) is 63.3. The monoisotopic (exact) mass is 1310 g/mol. The summed E-state index contributed by atoms with van der Waals surface area (Å²) in [5.41, 5.74) is 2.92. The third-order valence-corrected chi connectivity index (χ3v) is 150. The van der Waals surface area contributed by atoms with Crippen LogP contribution in [0.4, 0.5) is 0 Å². The van der Waals surface area contributed by atoms with E-state index in [1.165, 1.54) is 5.57 Å². The Morgan fingerprint density at radius 2 is 1.29 bits per heavy atom. The lowest BCUT2D eigenvalue weighted by molar-refractivity contribution is -0.0887. The molecule has 0 aliphatic heterocycles. The average molecular weight is 1310 g/mol. The Morgan fingerprint density at radius 1 is 0.764 bits per heavy atom. The number of hydrogen-bond acceptors (Lipinski definition) is 5. The van der Waals surface area contributed by atoms with Crippen molar-refractivity contribution in [2.75, 3.05) is 6.61 Å². The van der Waals surface area contributed by atoms with Gasteiger partial charge < -0.3 is 23.8 Å². The number of rotatable bonds is 21. The fourth-order valence-electron chi connectivity index (χ4n) is 6.85. The first-order valence-electron chi connectivity index (χ1n) is 16.1. The van der Waals surface area contributed by atoms with Gasteiger partial charge in [0.15, 0.2) is 0 Å². The minimum atomic E-state index is -0.848. The summed E-state index contributed by atoms with van der Waals surface area (Å²) in [6.45, 7) is 10.4. The van der Waals surface area contributed by atoms with Gasteiger partial charge in [-0.05, 0) is 103 Å². The maximum atomic E-state index is 12.8. The molecule has 0 aromatic carbocycles. The van der Waals surface area contributed by atoms with Gasteiger partial charge in [0.2, 0.25) is 0 Å². The van der Waals surface area contributed by atoms with E-state index in [9.17, 15) is 10.2 Å². The van der Waals surface area contributed by atoms with Gasteiger partial charge in [0.1, 0.15) is 6.10 Å².